The fraction of sp³-hybridized carbons (Fsp3) is 0.909. The Balaban J connectivity index is 0.00000128. The lowest BCUT2D eigenvalue weighted by molar-refractivity contribution is -0.135. The van der Waals surface area contributed by atoms with Crippen LogP contribution in [0.2, 0.25) is 0 Å². The molecule has 94 valence electrons. The lowest BCUT2D eigenvalue weighted by atomic mass is 9.98. The largest absolute Gasteiger partial charge is 0.340 e. The summed E-state index contributed by atoms with van der Waals surface area (Å²) in [6.07, 6.45) is 2.22. The molecule has 3 nitrogen and oxygen atoms in total. The highest BCUT2D eigenvalue weighted by molar-refractivity contribution is 7.99. The molecular formula is C11H21ClN2OS. The topological polar surface area (TPSA) is 32.3 Å². The van der Waals surface area contributed by atoms with Crippen LogP contribution >= 0.6 is 24.2 Å². The molecule has 5 heteroatoms. The Morgan fingerprint density at radius 3 is 2.94 bits per heavy atom. The van der Waals surface area contributed by atoms with Crippen molar-refractivity contribution in [1.29, 1.82) is 0 Å². The molecule has 2 saturated heterocycles. The summed E-state index contributed by atoms with van der Waals surface area (Å²) in [6, 6.07) is 0. The first kappa shape index (κ1) is 14.1. The molecule has 16 heavy (non-hydrogen) atoms. The monoisotopic (exact) mass is 264 g/mol. The lowest BCUT2D eigenvalue weighted by Crippen LogP contribution is -2.47. The number of hydrogen-bond donors (Lipinski definition) is 1. The van der Waals surface area contributed by atoms with E-state index < -0.39 is 0 Å². The quantitative estimate of drug-likeness (QED) is 0.777. The van der Waals surface area contributed by atoms with Crippen molar-refractivity contribution in [1.82, 2.24) is 10.2 Å². The molecule has 2 fully saturated rings. The van der Waals surface area contributed by atoms with E-state index in [4.69, 9.17) is 0 Å². The smallest absolute Gasteiger partial charge is 0.227 e. The highest BCUT2D eigenvalue weighted by Crippen LogP contribution is 2.21. The molecule has 1 unspecified atom stereocenters. The summed E-state index contributed by atoms with van der Waals surface area (Å²) < 4.78 is 0. The van der Waals surface area contributed by atoms with Crippen LogP contribution < -0.4 is 5.32 Å². The van der Waals surface area contributed by atoms with Crippen molar-refractivity contribution in [3.8, 4) is 0 Å². The van der Waals surface area contributed by atoms with Gasteiger partial charge in [0.25, 0.3) is 0 Å². The number of nitrogens with zero attached hydrogens (tertiary/aromatic N) is 1. The summed E-state index contributed by atoms with van der Waals surface area (Å²) in [7, 11) is 0. The van der Waals surface area contributed by atoms with Gasteiger partial charge in [0.05, 0.1) is 5.92 Å². The minimum absolute atomic E-state index is 0. The maximum atomic E-state index is 12.2. The van der Waals surface area contributed by atoms with Crippen molar-refractivity contribution >= 4 is 30.1 Å². The molecule has 2 aliphatic heterocycles. The van der Waals surface area contributed by atoms with Crippen molar-refractivity contribution in [2.75, 3.05) is 31.9 Å². The number of amides is 1. The van der Waals surface area contributed by atoms with Gasteiger partial charge in [-0.25, -0.2) is 0 Å². The van der Waals surface area contributed by atoms with Crippen molar-refractivity contribution in [3.05, 3.63) is 0 Å². The van der Waals surface area contributed by atoms with Gasteiger partial charge in [-0.3, -0.25) is 4.79 Å². The number of carbonyl (C=O) groups is 1. The van der Waals surface area contributed by atoms with E-state index in [-0.39, 0.29) is 18.3 Å². The van der Waals surface area contributed by atoms with Crippen LogP contribution in [0.4, 0.5) is 0 Å². The summed E-state index contributed by atoms with van der Waals surface area (Å²) >= 11 is 1.98. The van der Waals surface area contributed by atoms with Gasteiger partial charge in [0.1, 0.15) is 0 Å². The Morgan fingerprint density at radius 2 is 2.31 bits per heavy atom. The van der Waals surface area contributed by atoms with Crippen LogP contribution in [0.1, 0.15) is 19.8 Å². The first-order chi connectivity index (χ1) is 7.27. The van der Waals surface area contributed by atoms with E-state index in [0.29, 0.717) is 11.2 Å². The van der Waals surface area contributed by atoms with Gasteiger partial charge in [-0.1, -0.05) is 6.92 Å². The van der Waals surface area contributed by atoms with E-state index in [1.165, 1.54) is 0 Å². The third-order valence-corrected chi connectivity index (χ3v) is 4.34. The molecule has 2 atom stereocenters. The minimum Gasteiger partial charge on any atom is -0.340 e. The van der Waals surface area contributed by atoms with Crippen molar-refractivity contribution < 1.29 is 4.79 Å². The molecule has 1 N–H and O–H groups in total. The third-order valence-electron chi connectivity index (χ3n) is 3.20. The van der Waals surface area contributed by atoms with Gasteiger partial charge in [0.15, 0.2) is 0 Å². The Labute approximate surface area is 108 Å². The number of halogens is 1. The predicted molar refractivity (Wildman–Crippen MR) is 71.3 cm³/mol. The Kier molecular flexibility index (Phi) is 5.94. The number of piperidine rings is 1. The van der Waals surface area contributed by atoms with Gasteiger partial charge < -0.3 is 10.2 Å². The van der Waals surface area contributed by atoms with E-state index in [0.717, 1.165) is 44.8 Å². The van der Waals surface area contributed by atoms with Crippen LogP contribution in [0, 0.1) is 5.92 Å². The average molecular weight is 265 g/mol. The standard InChI is InChI=1S/C11H20N2OS.ClH/c1-9-8-13(5-6-15-9)11(14)10-3-2-4-12-7-10;/h9-10,12H,2-8H2,1H3;1H/t9?,10-;/m1./s1. The number of thioether (sulfide) groups is 1. The molecule has 0 radical (unpaired) electrons. The molecule has 0 aromatic rings. The van der Waals surface area contributed by atoms with E-state index in [2.05, 4.69) is 17.1 Å². The molecular weight excluding hydrogens is 244 g/mol. The van der Waals surface area contributed by atoms with E-state index in [9.17, 15) is 4.79 Å². The normalized spacial score (nSPS) is 30.7. The molecule has 2 rings (SSSR count). The molecule has 1 amide bonds. The number of rotatable bonds is 1. The molecule has 0 spiro atoms. The van der Waals surface area contributed by atoms with Crippen LogP contribution in [0.15, 0.2) is 0 Å². The molecule has 2 heterocycles. The fourth-order valence-electron chi connectivity index (χ4n) is 2.34. The van der Waals surface area contributed by atoms with Crippen molar-refractivity contribution in [2.45, 2.75) is 25.0 Å². The second-order valence-corrected chi connectivity index (χ2v) is 6.06. The van der Waals surface area contributed by atoms with Gasteiger partial charge in [-0.2, -0.15) is 11.8 Å². The van der Waals surface area contributed by atoms with Crippen LogP contribution in [-0.2, 0) is 4.79 Å². The summed E-state index contributed by atoms with van der Waals surface area (Å²) in [4.78, 5) is 14.2. The van der Waals surface area contributed by atoms with E-state index in [1.807, 2.05) is 11.8 Å². The predicted octanol–water partition coefficient (Wildman–Crippen LogP) is 1.37. The lowest BCUT2D eigenvalue weighted by Gasteiger charge is -2.34. The first-order valence-corrected chi connectivity index (χ1v) is 6.93. The first-order valence-electron chi connectivity index (χ1n) is 5.88. The fourth-order valence-corrected chi connectivity index (χ4v) is 3.35. The molecule has 0 aromatic heterocycles. The van der Waals surface area contributed by atoms with Gasteiger partial charge in [0.2, 0.25) is 5.91 Å². The molecule has 0 bridgehead atoms. The molecule has 0 aromatic carbocycles. The zero-order valence-electron chi connectivity index (χ0n) is 9.78. The summed E-state index contributed by atoms with van der Waals surface area (Å²) in [5.74, 6) is 1.73. The minimum atomic E-state index is 0. The second kappa shape index (κ2) is 6.72. The van der Waals surface area contributed by atoms with Crippen LogP contribution in [0.3, 0.4) is 0 Å². The van der Waals surface area contributed by atoms with Crippen LogP contribution in [-0.4, -0.2) is 48.0 Å². The van der Waals surface area contributed by atoms with Crippen LogP contribution in [0.25, 0.3) is 0 Å². The van der Waals surface area contributed by atoms with Gasteiger partial charge in [-0.15, -0.1) is 12.4 Å². The molecule has 2 aliphatic rings. The Bertz CT molecular complexity index is 234. The van der Waals surface area contributed by atoms with Crippen LogP contribution in [0.5, 0.6) is 0 Å². The summed E-state index contributed by atoms with van der Waals surface area (Å²) in [5, 5.41) is 3.92. The average Bonchev–Trinajstić information content (AvgIpc) is 2.29. The van der Waals surface area contributed by atoms with Crippen molar-refractivity contribution in [3.63, 3.8) is 0 Å². The van der Waals surface area contributed by atoms with Crippen molar-refractivity contribution in [2.24, 2.45) is 5.92 Å². The third kappa shape index (κ3) is 3.54. The van der Waals surface area contributed by atoms with Gasteiger partial charge in [-0.05, 0) is 19.4 Å². The van der Waals surface area contributed by atoms with E-state index >= 15 is 0 Å². The maximum absolute atomic E-state index is 12.2. The molecule has 0 aliphatic carbocycles. The van der Waals surface area contributed by atoms with Gasteiger partial charge in [0, 0.05) is 30.6 Å². The highest BCUT2D eigenvalue weighted by Gasteiger charge is 2.28. The number of hydrogen-bond acceptors (Lipinski definition) is 3. The Hall–Kier alpha value is 0.0700. The zero-order valence-corrected chi connectivity index (χ0v) is 11.4. The number of nitrogens with one attached hydrogen (secondary N) is 1. The zero-order chi connectivity index (χ0) is 10.7. The summed E-state index contributed by atoms with van der Waals surface area (Å²) in [6.45, 7) is 6.07. The van der Waals surface area contributed by atoms with Gasteiger partial charge >= 0.3 is 0 Å². The van der Waals surface area contributed by atoms with E-state index in [1.54, 1.807) is 0 Å². The maximum Gasteiger partial charge on any atom is 0.227 e. The molecule has 0 saturated carbocycles. The second-order valence-electron chi connectivity index (χ2n) is 4.51. The highest BCUT2D eigenvalue weighted by atomic mass is 35.5. The Morgan fingerprint density at radius 1 is 1.50 bits per heavy atom. The summed E-state index contributed by atoms with van der Waals surface area (Å²) in [5.41, 5.74) is 0. The SMILES string of the molecule is CC1CN(C(=O)[C@@H]2CCCNC2)CCS1.Cl. The number of carbonyl (C=O) groups excluding carboxylic acids is 1.